The molecule has 2 aromatic carbocycles. The lowest BCUT2D eigenvalue weighted by Crippen LogP contribution is -2.35. The van der Waals surface area contributed by atoms with Crippen LogP contribution in [0.3, 0.4) is 0 Å². The van der Waals surface area contributed by atoms with E-state index in [4.69, 9.17) is 0 Å². The van der Waals surface area contributed by atoms with Crippen molar-refractivity contribution in [2.45, 2.75) is 26.0 Å². The number of para-hydroxylation sites is 1. The fourth-order valence-corrected chi connectivity index (χ4v) is 2.24. The summed E-state index contributed by atoms with van der Waals surface area (Å²) in [4.78, 5) is 11.8. The van der Waals surface area contributed by atoms with Crippen molar-refractivity contribution in [3.8, 4) is 5.75 Å². The summed E-state index contributed by atoms with van der Waals surface area (Å²) in [5, 5.41) is 5.38. The lowest BCUT2D eigenvalue weighted by atomic mass is 10.1. The van der Waals surface area contributed by atoms with E-state index in [9.17, 15) is 13.6 Å². The van der Waals surface area contributed by atoms with Crippen LogP contribution in [0.15, 0.2) is 54.6 Å². The van der Waals surface area contributed by atoms with Crippen LogP contribution < -0.4 is 15.4 Å². The normalized spacial score (nSPS) is 10.5. The Morgan fingerprint density at radius 2 is 1.71 bits per heavy atom. The summed E-state index contributed by atoms with van der Waals surface area (Å²) in [6.45, 7) is -2.23. The molecule has 0 bridgehead atoms. The maximum absolute atomic E-state index is 12.3. The molecule has 0 aliphatic heterocycles. The van der Waals surface area contributed by atoms with Gasteiger partial charge in [0.2, 0.25) is 0 Å². The van der Waals surface area contributed by atoms with Crippen LogP contribution in [-0.2, 0) is 13.0 Å². The highest BCUT2D eigenvalue weighted by atomic mass is 19.3. The highest BCUT2D eigenvalue weighted by molar-refractivity contribution is 5.73. The average molecular weight is 334 g/mol. The third-order valence-corrected chi connectivity index (χ3v) is 3.40. The van der Waals surface area contributed by atoms with Crippen LogP contribution in [0, 0.1) is 0 Å². The van der Waals surface area contributed by atoms with E-state index in [1.807, 2.05) is 30.3 Å². The van der Waals surface area contributed by atoms with Gasteiger partial charge in [-0.1, -0.05) is 48.5 Å². The lowest BCUT2D eigenvalue weighted by Gasteiger charge is -2.12. The molecule has 0 saturated carbocycles. The number of urea groups is 1. The predicted molar refractivity (Wildman–Crippen MR) is 88.1 cm³/mol. The third kappa shape index (κ3) is 6.24. The van der Waals surface area contributed by atoms with Crippen molar-refractivity contribution in [1.29, 1.82) is 0 Å². The van der Waals surface area contributed by atoms with E-state index < -0.39 is 6.61 Å². The number of ether oxygens (including phenoxy) is 1. The summed E-state index contributed by atoms with van der Waals surface area (Å²) in [6.07, 6.45) is 1.70. The van der Waals surface area contributed by atoms with Gasteiger partial charge in [0, 0.05) is 18.7 Å². The molecule has 0 radical (unpaired) electrons. The zero-order valence-corrected chi connectivity index (χ0v) is 13.2. The van der Waals surface area contributed by atoms with Crippen molar-refractivity contribution in [2.75, 3.05) is 6.54 Å². The molecular formula is C18H20F2N2O2. The standard InChI is InChI=1S/C18H20F2N2O2/c19-17(20)24-16-11-5-4-10-15(16)13-22-18(23)21-12-6-9-14-7-2-1-3-8-14/h1-5,7-8,10-11,17H,6,9,12-13H2,(H2,21,22,23). The summed E-state index contributed by atoms with van der Waals surface area (Å²) < 4.78 is 29.1. The highest BCUT2D eigenvalue weighted by Crippen LogP contribution is 2.19. The number of halogens is 2. The third-order valence-electron chi connectivity index (χ3n) is 3.40. The monoisotopic (exact) mass is 334 g/mol. The van der Waals surface area contributed by atoms with Gasteiger partial charge >= 0.3 is 12.6 Å². The Bertz CT molecular complexity index is 636. The number of carbonyl (C=O) groups is 1. The molecule has 0 unspecified atom stereocenters. The van der Waals surface area contributed by atoms with E-state index in [1.54, 1.807) is 18.2 Å². The smallest absolute Gasteiger partial charge is 0.387 e. The molecule has 0 fully saturated rings. The number of carbonyl (C=O) groups excluding carboxylic acids is 1. The van der Waals surface area contributed by atoms with Crippen molar-refractivity contribution in [1.82, 2.24) is 10.6 Å². The van der Waals surface area contributed by atoms with Crippen molar-refractivity contribution >= 4 is 6.03 Å². The fraction of sp³-hybridized carbons (Fsp3) is 0.278. The molecule has 2 N–H and O–H groups in total. The topological polar surface area (TPSA) is 50.4 Å². The quantitative estimate of drug-likeness (QED) is 0.723. The van der Waals surface area contributed by atoms with Gasteiger partial charge in [0.05, 0.1) is 0 Å². The van der Waals surface area contributed by atoms with Gasteiger partial charge in [-0.05, 0) is 24.5 Å². The first kappa shape index (κ1) is 17.7. The van der Waals surface area contributed by atoms with E-state index in [0.29, 0.717) is 12.1 Å². The van der Waals surface area contributed by atoms with Crippen LogP contribution in [0.1, 0.15) is 17.5 Å². The molecular weight excluding hydrogens is 314 g/mol. The maximum atomic E-state index is 12.3. The van der Waals surface area contributed by atoms with Crippen LogP contribution in [0.2, 0.25) is 0 Å². The number of amides is 2. The Labute approximate surface area is 139 Å². The second kappa shape index (κ2) is 9.50. The van der Waals surface area contributed by atoms with Crippen molar-refractivity contribution in [3.63, 3.8) is 0 Å². The lowest BCUT2D eigenvalue weighted by molar-refractivity contribution is -0.0504. The molecule has 4 nitrogen and oxygen atoms in total. The number of benzene rings is 2. The van der Waals surface area contributed by atoms with E-state index in [2.05, 4.69) is 15.4 Å². The van der Waals surface area contributed by atoms with E-state index in [-0.39, 0.29) is 18.3 Å². The number of hydrogen-bond acceptors (Lipinski definition) is 2. The Morgan fingerprint density at radius 1 is 1.00 bits per heavy atom. The second-order valence-corrected chi connectivity index (χ2v) is 5.18. The SMILES string of the molecule is O=C(NCCCc1ccccc1)NCc1ccccc1OC(F)F. The molecule has 0 heterocycles. The molecule has 2 amide bonds. The van der Waals surface area contributed by atoms with Crippen molar-refractivity contribution in [3.05, 3.63) is 65.7 Å². The van der Waals surface area contributed by atoms with Crippen LogP contribution in [-0.4, -0.2) is 19.2 Å². The summed E-state index contributed by atoms with van der Waals surface area (Å²) in [7, 11) is 0. The Hall–Kier alpha value is -2.63. The van der Waals surface area contributed by atoms with Gasteiger partial charge in [-0.15, -0.1) is 0 Å². The number of aryl methyl sites for hydroxylation is 1. The van der Waals surface area contributed by atoms with Crippen LogP contribution in [0.5, 0.6) is 5.75 Å². The van der Waals surface area contributed by atoms with Crippen LogP contribution in [0.4, 0.5) is 13.6 Å². The van der Waals surface area contributed by atoms with E-state index >= 15 is 0 Å². The zero-order chi connectivity index (χ0) is 17.2. The molecule has 0 aliphatic rings. The van der Waals surface area contributed by atoms with Gasteiger partial charge in [-0.3, -0.25) is 0 Å². The van der Waals surface area contributed by atoms with Crippen LogP contribution >= 0.6 is 0 Å². The van der Waals surface area contributed by atoms with Gasteiger partial charge < -0.3 is 15.4 Å². The summed E-state index contributed by atoms with van der Waals surface area (Å²) in [5.41, 5.74) is 1.72. The summed E-state index contributed by atoms with van der Waals surface area (Å²) in [5.74, 6) is 0.0666. The van der Waals surface area contributed by atoms with Gasteiger partial charge in [-0.25, -0.2) is 4.79 Å². The maximum Gasteiger partial charge on any atom is 0.387 e. The number of rotatable bonds is 8. The molecule has 128 valence electrons. The summed E-state index contributed by atoms with van der Waals surface area (Å²) >= 11 is 0. The Balaban J connectivity index is 1.70. The molecule has 0 atom stereocenters. The Morgan fingerprint density at radius 3 is 2.46 bits per heavy atom. The molecule has 0 spiro atoms. The molecule has 2 rings (SSSR count). The van der Waals surface area contributed by atoms with Gasteiger partial charge in [-0.2, -0.15) is 8.78 Å². The minimum Gasteiger partial charge on any atom is -0.434 e. The number of hydrogen-bond donors (Lipinski definition) is 2. The Kier molecular flexibility index (Phi) is 7.01. The van der Waals surface area contributed by atoms with Crippen molar-refractivity contribution < 1.29 is 18.3 Å². The van der Waals surface area contributed by atoms with E-state index in [1.165, 1.54) is 11.6 Å². The minimum atomic E-state index is -2.89. The zero-order valence-electron chi connectivity index (χ0n) is 13.2. The van der Waals surface area contributed by atoms with Crippen molar-refractivity contribution in [2.24, 2.45) is 0 Å². The van der Waals surface area contributed by atoms with Gasteiger partial charge in [0.15, 0.2) is 0 Å². The summed E-state index contributed by atoms with van der Waals surface area (Å²) in [6, 6.07) is 16.1. The fourth-order valence-electron chi connectivity index (χ4n) is 2.24. The number of alkyl halides is 2. The second-order valence-electron chi connectivity index (χ2n) is 5.18. The van der Waals surface area contributed by atoms with Gasteiger partial charge in [0.25, 0.3) is 0 Å². The molecule has 0 saturated heterocycles. The predicted octanol–water partition coefficient (Wildman–Crippen LogP) is 3.72. The highest BCUT2D eigenvalue weighted by Gasteiger charge is 2.09. The first-order valence-electron chi connectivity index (χ1n) is 7.73. The molecule has 24 heavy (non-hydrogen) atoms. The molecule has 0 aromatic heterocycles. The van der Waals surface area contributed by atoms with Crippen LogP contribution in [0.25, 0.3) is 0 Å². The van der Waals surface area contributed by atoms with Gasteiger partial charge in [0.1, 0.15) is 5.75 Å². The largest absolute Gasteiger partial charge is 0.434 e. The molecule has 0 aliphatic carbocycles. The number of nitrogens with one attached hydrogen (secondary N) is 2. The first-order chi connectivity index (χ1) is 11.6. The molecule has 2 aromatic rings. The molecule has 6 heteroatoms. The average Bonchev–Trinajstić information content (AvgIpc) is 2.58. The van der Waals surface area contributed by atoms with E-state index in [0.717, 1.165) is 12.8 Å². The minimum absolute atomic E-state index is 0.0666. The first-order valence-corrected chi connectivity index (χ1v) is 7.73.